The molecule has 0 aromatic heterocycles. The van der Waals surface area contributed by atoms with Gasteiger partial charge in [0.15, 0.2) is 6.61 Å². The fourth-order valence-corrected chi connectivity index (χ4v) is 1.07. The van der Waals surface area contributed by atoms with Crippen molar-refractivity contribution < 1.29 is 35.9 Å². The van der Waals surface area contributed by atoms with Crippen LogP contribution >= 0.6 is 0 Å². The lowest BCUT2D eigenvalue weighted by atomic mass is 10.2. The third-order valence-electron chi connectivity index (χ3n) is 2.20. The summed E-state index contributed by atoms with van der Waals surface area (Å²) in [5.41, 5.74) is 0.219. The minimum atomic E-state index is -5.48. The van der Waals surface area contributed by atoms with Gasteiger partial charge in [0.2, 0.25) is 0 Å². The molecule has 1 aromatic carbocycles. The number of carbonyl (C=O) groups excluding carboxylic acids is 1. The summed E-state index contributed by atoms with van der Waals surface area (Å²) in [6, 6.07) is 4.57. The number of hydrogen-bond donors (Lipinski definition) is 0. The first-order valence-electron chi connectivity index (χ1n) is 4.92. The standard InChI is InChI=1S/C11H8F6O2/c12-9(13)11(16,17)10(14,15)6-19-8-3-1-7(5-18)2-4-8/h1-5,9H,6H2. The van der Waals surface area contributed by atoms with E-state index >= 15 is 0 Å². The van der Waals surface area contributed by atoms with Crippen LogP contribution in [-0.2, 0) is 0 Å². The predicted molar refractivity (Wildman–Crippen MR) is 53.2 cm³/mol. The summed E-state index contributed by atoms with van der Waals surface area (Å²) in [5, 5.41) is 0. The Kier molecular flexibility index (Phi) is 4.43. The molecule has 0 N–H and O–H groups in total. The summed E-state index contributed by atoms with van der Waals surface area (Å²) in [6.07, 6.45) is -4.02. The second-order valence-electron chi connectivity index (χ2n) is 3.60. The summed E-state index contributed by atoms with van der Waals surface area (Å²) in [6.45, 7) is -1.90. The number of carbonyl (C=O) groups is 1. The monoisotopic (exact) mass is 286 g/mol. The fraction of sp³-hybridized carbons (Fsp3) is 0.364. The quantitative estimate of drug-likeness (QED) is 0.591. The van der Waals surface area contributed by atoms with Crippen molar-refractivity contribution in [2.24, 2.45) is 0 Å². The van der Waals surface area contributed by atoms with Crippen molar-refractivity contribution in [1.29, 1.82) is 0 Å². The van der Waals surface area contributed by atoms with E-state index in [0.29, 0.717) is 6.29 Å². The first-order chi connectivity index (χ1) is 8.70. The molecular formula is C11H8F6O2. The molecule has 0 unspecified atom stereocenters. The van der Waals surface area contributed by atoms with E-state index in [0.717, 1.165) is 12.1 Å². The SMILES string of the molecule is O=Cc1ccc(OCC(F)(F)C(F)(F)C(F)F)cc1. The molecule has 106 valence electrons. The summed E-state index contributed by atoms with van der Waals surface area (Å²) in [5.74, 6) is -10.7. The van der Waals surface area contributed by atoms with E-state index in [1.807, 2.05) is 0 Å². The van der Waals surface area contributed by atoms with Gasteiger partial charge >= 0.3 is 18.3 Å². The smallest absolute Gasteiger partial charge is 0.372 e. The molecule has 0 aliphatic heterocycles. The van der Waals surface area contributed by atoms with Gasteiger partial charge in [0.25, 0.3) is 0 Å². The molecule has 0 aliphatic rings. The lowest BCUT2D eigenvalue weighted by Gasteiger charge is -2.25. The Bertz CT molecular complexity index is 429. The van der Waals surface area contributed by atoms with Crippen LogP contribution in [0.25, 0.3) is 0 Å². The van der Waals surface area contributed by atoms with E-state index in [1.165, 1.54) is 12.1 Å². The van der Waals surface area contributed by atoms with Gasteiger partial charge in [-0.3, -0.25) is 4.79 Å². The van der Waals surface area contributed by atoms with Gasteiger partial charge in [0.05, 0.1) is 0 Å². The topological polar surface area (TPSA) is 26.3 Å². The molecule has 0 heterocycles. The van der Waals surface area contributed by atoms with Crippen LogP contribution in [0.2, 0.25) is 0 Å². The first-order valence-corrected chi connectivity index (χ1v) is 4.92. The Labute approximate surface area is 104 Å². The van der Waals surface area contributed by atoms with Crippen LogP contribution in [0.15, 0.2) is 24.3 Å². The second kappa shape index (κ2) is 5.50. The lowest BCUT2D eigenvalue weighted by molar-refractivity contribution is -0.271. The molecule has 0 atom stereocenters. The van der Waals surface area contributed by atoms with E-state index in [-0.39, 0.29) is 11.3 Å². The molecule has 19 heavy (non-hydrogen) atoms. The molecule has 1 rings (SSSR count). The number of hydrogen-bond acceptors (Lipinski definition) is 2. The number of aldehydes is 1. The molecule has 0 saturated heterocycles. The zero-order chi connectivity index (χ0) is 14.7. The third kappa shape index (κ3) is 3.39. The zero-order valence-electron chi connectivity index (χ0n) is 9.26. The van der Waals surface area contributed by atoms with Crippen molar-refractivity contribution >= 4 is 6.29 Å². The largest absolute Gasteiger partial charge is 0.487 e. The number of alkyl halides is 6. The lowest BCUT2D eigenvalue weighted by Crippen LogP contribution is -2.50. The van der Waals surface area contributed by atoms with Crippen LogP contribution in [0, 0.1) is 0 Å². The average molecular weight is 286 g/mol. The van der Waals surface area contributed by atoms with Crippen LogP contribution in [0.3, 0.4) is 0 Å². The minimum absolute atomic E-state index is 0.219. The van der Waals surface area contributed by atoms with Gasteiger partial charge in [-0.05, 0) is 24.3 Å². The Balaban J connectivity index is 2.71. The van der Waals surface area contributed by atoms with Crippen LogP contribution in [0.4, 0.5) is 26.3 Å². The maximum Gasteiger partial charge on any atom is 0.372 e. The van der Waals surface area contributed by atoms with Crippen molar-refractivity contribution in [3.8, 4) is 5.75 Å². The van der Waals surface area contributed by atoms with E-state index < -0.39 is 24.9 Å². The summed E-state index contributed by atoms with van der Waals surface area (Å²) < 4.78 is 78.7. The second-order valence-corrected chi connectivity index (χ2v) is 3.60. The van der Waals surface area contributed by atoms with Crippen LogP contribution < -0.4 is 4.74 Å². The van der Waals surface area contributed by atoms with Gasteiger partial charge in [-0.2, -0.15) is 17.6 Å². The van der Waals surface area contributed by atoms with E-state index in [1.54, 1.807) is 0 Å². The number of rotatable bonds is 6. The van der Waals surface area contributed by atoms with Gasteiger partial charge in [-0.1, -0.05) is 0 Å². The molecule has 0 spiro atoms. The molecular weight excluding hydrogens is 278 g/mol. The van der Waals surface area contributed by atoms with Crippen molar-refractivity contribution in [1.82, 2.24) is 0 Å². The third-order valence-corrected chi connectivity index (χ3v) is 2.20. The highest BCUT2D eigenvalue weighted by atomic mass is 19.3. The minimum Gasteiger partial charge on any atom is -0.487 e. The van der Waals surface area contributed by atoms with Gasteiger partial charge in [-0.15, -0.1) is 0 Å². The highest BCUT2D eigenvalue weighted by Crippen LogP contribution is 2.39. The van der Waals surface area contributed by atoms with E-state index in [4.69, 9.17) is 0 Å². The maximum atomic E-state index is 12.9. The molecule has 0 radical (unpaired) electrons. The molecule has 8 heteroatoms. The Morgan fingerprint density at radius 2 is 1.63 bits per heavy atom. The Hall–Kier alpha value is -1.73. The van der Waals surface area contributed by atoms with Crippen LogP contribution in [0.1, 0.15) is 10.4 Å². The highest BCUT2D eigenvalue weighted by molar-refractivity contribution is 5.74. The van der Waals surface area contributed by atoms with Crippen molar-refractivity contribution in [3.63, 3.8) is 0 Å². The summed E-state index contributed by atoms with van der Waals surface area (Å²) in [4.78, 5) is 10.3. The number of benzene rings is 1. The summed E-state index contributed by atoms with van der Waals surface area (Å²) >= 11 is 0. The molecule has 0 saturated carbocycles. The molecule has 0 bridgehead atoms. The molecule has 0 aliphatic carbocycles. The number of ether oxygens (including phenoxy) is 1. The molecule has 0 amide bonds. The van der Waals surface area contributed by atoms with Gasteiger partial charge in [0.1, 0.15) is 12.0 Å². The van der Waals surface area contributed by atoms with Crippen molar-refractivity contribution in [2.45, 2.75) is 18.3 Å². The van der Waals surface area contributed by atoms with Crippen molar-refractivity contribution in [3.05, 3.63) is 29.8 Å². The molecule has 2 nitrogen and oxygen atoms in total. The fourth-order valence-electron chi connectivity index (χ4n) is 1.07. The highest BCUT2D eigenvalue weighted by Gasteiger charge is 2.63. The van der Waals surface area contributed by atoms with Gasteiger partial charge < -0.3 is 4.74 Å². The summed E-state index contributed by atoms with van der Waals surface area (Å²) in [7, 11) is 0. The molecule has 1 aromatic rings. The zero-order valence-corrected chi connectivity index (χ0v) is 9.26. The molecule has 0 fully saturated rings. The average Bonchev–Trinajstić information content (AvgIpc) is 2.36. The first kappa shape index (κ1) is 15.3. The predicted octanol–water partition coefficient (Wildman–Crippen LogP) is 3.41. The number of halogens is 6. The van der Waals surface area contributed by atoms with Crippen molar-refractivity contribution in [2.75, 3.05) is 6.61 Å². The Morgan fingerprint density at radius 1 is 1.11 bits per heavy atom. The maximum absolute atomic E-state index is 12.9. The van der Waals surface area contributed by atoms with Gasteiger partial charge in [-0.25, -0.2) is 8.78 Å². The van der Waals surface area contributed by atoms with Crippen LogP contribution in [-0.4, -0.2) is 31.2 Å². The van der Waals surface area contributed by atoms with Crippen LogP contribution in [0.5, 0.6) is 5.75 Å². The van der Waals surface area contributed by atoms with E-state index in [2.05, 4.69) is 4.74 Å². The van der Waals surface area contributed by atoms with Gasteiger partial charge in [0, 0.05) is 5.56 Å². The Morgan fingerprint density at radius 3 is 2.05 bits per heavy atom. The normalized spacial score (nSPS) is 12.6. The van der Waals surface area contributed by atoms with E-state index in [9.17, 15) is 31.1 Å².